The summed E-state index contributed by atoms with van der Waals surface area (Å²) < 4.78 is 5.54. The van der Waals surface area contributed by atoms with E-state index in [-0.39, 0.29) is 0 Å². The highest BCUT2D eigenvalue weighted by Gasteiger charge is 2.24. The van der Waals surface area contributed by atoms with Crippen molar-refractivity contribution in [1.29, 1.82) is 0 Å². The summed E-state index contributed by atoms with van der Waals surface area (Å²) in [5, 5.41) is 9.23. The summed E-state index contributed by atoms with van der Waals surface area (Å²) >= 11 is 1.83. The first kappa shape index (κ1) is 22.5. The molecule has 0 bridgehead atoms. The van der Waals surface area contributed by atoms with E-state index in [9.17, 15) is 0 Å². The van der Waals surface area contributed by atoms with E-state index in [1.165, 1.54) is 30.9 Å². The van der Waals surface area contributed by atoms with Gasteiger partial charge in [-0.15, -0.1) is 11.3 Å². The van der Waals surface area contributed by atoms with E-state index < -0.39 is 0 Å². The lowest BCUT2D eigenvalue weighted by Crippen LogP contribution is -2.46. The normalized spacial score (nSPS) is 25.7. The molecule has 29 heavy (non-hydrogen) atoms. The molecule has 3 atom stereocenters. The first-order valence-corrected chi connectivity index (χ1v) is 12.1. The Morgan fingerprint density at radius 1 is 1.24 bits per heavy atom. The number of ether oxygens (including phenoxy) is 1. The summed E-state index contributed by atoms with van der Waals surface area (Å²) in [5.41, 5.74) is 0. The summed E-state index contributed by atoms with van der Waals surface area (Å²) in [6.45, 7) is 13.9. The van der Waals surface area contributed by atoms with Crippen molar-refractivity contribution in [3.63, 3.8) is 0 Å². The van der Waals surface area contributed by atoms with Gasteiger partial charge in [0, 0.05) is 51.2 Å². The third kappa shape index (κ3) is 7.24. The van der Waals surface area contributed by atoms with E-state index in [1.54, 1.807) is 0 Å². The first-order chi connectivity index (χ1) is 14.2. The molecule has 2 aliphatic rings. The van der Waals surface area contributed by atoms with E-state index in [0.717, 1.165) is 63.6 Å². The van der Waals surface area contributed by atoms with Gasteiger partial charge in [0.1, 0.15) is 0 Å². The highest BCUT2D eigenvalue weighted by atomic mass is 32.1. The molecule has 6 nitrogen and oxygen atoms in total. The van der Waals surface area contributed by atoms with Gasteiger partial charge in [-0.1, -0.05) is 19.9 Å². The third-order valence-electron chi connectivity index (χ3n) is 5.93. The fraction of sp³-hybridized carbons (Fsp3) is 0.773. The number of nitrogens with one attached hydrogen (secondary N) is 2. The predicted octanol–water partition coefficient (Wildman–Crippen LogP) is 2.65. The number of piperidine rings is 1. The summed E-state index contributed by atoms with van der Waals surface area (Å²) in [5.74, 6) is 2.56. The number of guanidine groups is 1. The fourth-order valence-corrected chi connectivity index (χ4v) is 5.54. The summed E-state index contributed by atoms with van der Waals surface area (Å²) in [6, 6.07) is 4.75. The van der Waals surface area contributed by atoms with Crippen molar-refractivity contribution < 1.29 is 4.74 Å². The fourth-order valence-electron chi connectivity index (χ4n) is 4.68. The zero-order chi connectivity index (χ0) is 20.5. The predicted molar refractivity (Wildman–Crippen MR) is 123 cm³/mol. The minimum Gasteiger partial charge on any atom is -0.379 e. The van der Waals surface area contributed by atoms with Crippen LogP contribution in [0.4, 0.5) is 0 Å². The number of hydrogen-bond donors (Lipinski definition) is 2. The van der Waals surface area contributed by atoms with Gasteiger partial charge in [0.05, 0.1) is 19.3 Å². The molecular formula is C22H39N5OS. The van der Waals surface area contributed by atoms with Crippen LogP contribution in [-0.2, 0) is 4.74 Å². The Labute approximate surface area is 180 Å². The van der Waals surface area contributed by atoms with Gasteiger partial charge in [-0.05, 0) is 42.7 Å². The lowest BCUT2D eigenvalue weighted by atomic mass is 9.92. The van der Waals surface area contributed by atoms with E-state index >= 15 is 0 Å². The largest absolute Gasteiger partial charge is 0.379 e. The van der Waals surface area contributed by atoms with Gasteiger partial charge in [-0.3, -0.25) is 9.89 Å². The Kier molecular flexibility index (Phi) is 9.24. The van der Waals surface area contributed by atoms with Gasteiger partial charge in [0.25, 0.3) is 0 Å². The smallest absolute Gasteiger partial charge is 0.191 e. The van der Waals surface area contributed by atoms with Gasteiger partial charge < -0.3 is 20.3 Å². The molecule has 0 spiro atoms. The number of nitrogens with zero attached hydrogens (tertiary/aromatic N) is 3. The molecule has 3 rings (SSSR count). The second kappa shape index (κ2) is 11.9. The molecule has 164 valence electrons. The monoisotopic (exact) mass is 421 g/mol. The molecule has 2 N–H and O–H groups in total. The molecule has 0 saturated carbocycles. The van der Waals surface area contributed by atoms with Crippen LogP contribution in [0.1, 0.15) is 37.6 Å². The van der Waals surface area contributed by atoms with Crippen LogP contribution < -0.4 is 10.6 Å². The van der Waals surface area contributed by atoms with Gasteiger partial charge in [-0.25, -0.2) is 0 Å². The van der Waals surface area contributed by atoms with Crippen LogP contribution >= 0.6 is 11.3 Å². The van der Waals surface area contributed by atoms with Crippen molar-refractivity contribution in [1.82, 2.24) is 20.4 Å². The minimum atomic E-state index is 0.369. The number of morpholine rings is 1. The van der Waals surface area contributed by atoms with Crippen molar-refractivity contribution in [2.45, 2.75) is 32.7 Å². The molecule has 3 heterocycles. The summed E-state index contributed by atoms with van der Waals surface area (Å²) in [4.78, 5) is 11.0. The van der Waals surface area contributed by atoms with Crippen molar-refractivity contribution >= 4 is 17.3 Å². The average molecular weight is 422 g/mol. The maximum absolute atomic E-state index is 5.54. The van der Waals surface area contributed by atoms with Crippen LogP contribution in [0, 0.1) is 11.8 Å². The van der Waals surface area contributed by atoms with Crippen LogP contribution in [0.25, 0.3) is 0 Å². The Morgan fingerprint density at radius 2 is 2.00 bits per heavy atom. The summed E-state index contributed by atoms with van der Waals surface area (Å²) in [7, 11) is 1.86. The van der Waals surface area contributed by atoms with Gasteiger partial charge in [0.2, 0.25) is 0 Å². The topological polar surface area (TPSA) is 52.1 Å². The quantitative estimate of drug-likeness (QED) is 0.384. The molecule has 3 unspecified atom stereocenters. The first-order valence-electron chi connectivity index (χ1n) is 11.2. The third-order valence-corrected chi connectivity index (χ3v) is 6.91. The van der Waals surface area contributed by atoms with Crippen LogP contribution in [0.2, 0.25) is 0 Å². The summed E-state index contributed by atoms with van der Waals surface area (Å²) in [6.07, 6.45) is 2.53. The molecule has 2 aliphatic heterocycles. The van der Waals surface area contributed by atoms with Crippen molar-refractivity contribution in [3.05, 3.63) is 22.4 Å². The van der Waals surface area contributed by atoms with Gasteiger partial charge >= 0.3 is 0 Å². The SMILES string of the molecule is CN=C(NCCCN1CC(C)CC(C)C1)NCC(c1cccs1)N1CCOCC1. The molecule has 1 aromatic rings. The van der Waals surface area contributed by atoms with Crippen LogP contribution in [0.15, 0.2) is 22.5 Å². The van der Waals surface area contributed by atoms with Crippen LogP contribution in [-0.4, -0.2) is 81.8 Å². The number of rotatable bonds is 8. The number of hydrogen-bond acceptors (Lipinski definition) is 5. The van der Waals surface area contributed by atoms with Crippen molar-refractivity contribution in [3.8, 4) is 0 Å². The molecule has 1 aromatic heterocycles. The van der Waals surface area contributed by atoms with E-state index in [2.05, 4.69) is 56.8 Å². The van der Waals surface area contributed by atoms with Crippen molar-refractivity contribution in [2.75, 3.05) is 66.1 Å². The second-order valence-corrected chi connectivity index (χ2v) is 9.60. The highest BCUT2D eigenvalue weighted by molar-refractivity contribution is 7.10. The van der Waals surface area contributed by atoms with E-state index in [4.69, 9.17) is 4.74 Å². The number of likely N-dealkylation sites (tertiary alicyclic amines) is 1. The number of aliphatic imine (C=N–C) groups is 1. The minimum absolute atomic E-state index is 0.369. The Balaban J connectivity index is 1.41. The lowest BCUT2D eigenvalue weighted by Gasteiger charge is -2.35. The zero-order valence-electron chi connectivity index (χ0n) is 18.4. The molecular weight excluding hydrogens is 382 g/mol. The Hall–Kier alpha value is -1.15. The number of thiophene rings is 1. The Bertz CT molecular complexity index is 592. The molecule has 0 aromatic carbocycles. The van der Waals surface area contributed by atoms with Crippen LogP contribution in [0.3, 0.4) is 0 Å². The maximum atomic E-state index is 5.54. The molecule has 2 fully saturated rings. The highest BCUT2D eigenvalue weighted by Crippen LogP contribution is 2.25. The standard InChI is InChI=1S/C22H39N5OS/c1-18-14-19(2)17-26(16-18)8-5-7-24-22(23-3)25-15-20(21-6-4-13-29-21)27-9-11-28-12-10-27/h4,6,13,18-20H,5,7-12,14-17H2,1-3H3,(H2,23,24,25). The van der Waals surface area contributed by atoms with Crippen LogP contribution in [0.5, 0.6) is 0 Å². The molecule has 0 radical (unpaired) electrons. The molecule has 0 aliphatic carbocycles. The van der Waals surface area contributed by atoms with Gasteiger partial charge in [0.15, 0.2) is 5.96 Å². The molecule has 0 amide bonds. The molecule has 7 heteroatoms. The molecule has 2 saturated heterocycles. The van der Waals surface area contributed by atoms with E-state index in [1.807, 2.05) is 18.4 Å². The zero-order valence-corrected chi connectivity index (χ0v) is 19.2. The second-order valence-electron chi connectivity index (χ2n) is 8.62. The van der Waals surface area contributed by atoms with E-state index in [0.29, 0.717) is 6.04 Å². The maximum Gasteiger partial charge on any atom is 0.191 e. The average Bonchev–Trinajstić information content (AvgIpc) is 3.24. The van der Waals surface area contributed by atoms with Gasteiger partial charge in [-0.2, -0.15) is 0 Å². The Morgan fingerprint density at radius 3 is 2.66 bits per heavy atom. The lowest BCUT2D eigenvalue weighted by molar-refractivity contribution is 0.0177. The van der Waals surface area contributed by atoms with Crippen molar-refractivity contribution in [2.24, 2.45) is 16.8 Å².